The number of likely N-dealkylation sites (N-methyl/N-ethyl adjacent to an activating group) is 1. The molecule has 3 aliphatic rings. The number of aliphatic hydroxyl groups is 3. The highest BCUT2D eigenvalue weighted by atomic mass is 16.5. The number of methoxy groups -OCH3 is 1. The number of Topliss-reactive ketones (excluding diaryl/α,β-unsaturated/α-hetero) is 2. The third kappa shape index (κ3) is 3.37. The Bertz CT molecular complexity index is 1460. The number of phenolic OH excluding ortho intramolecular Hbond substituents is 1. The van der Waals surface area contributed by atoms with Crippen molar-refractivity contribution in [3.63, 3.8) is 0 Å². The Labute approximate surface area is 218 Å². The van der Waals surface area contributed by atoms with Crippen molar-refractivity contribution in [2.45, 2.75) is 24.5 Å². The molecule has 1 fully saturated rings. The number of nitrogens with two attached hydrogens (primary N) is 1. The van der Waals surface area contributed by atoms with Crippen LogP contribution in [0.5, 0.6) is 11.5 Å². The molecule has 2 aromatic rings. The van der Waals surface area contributed by atoms with Crippen LogP contribution in [0.15, 0.2) is 53.3 Å². The van der Waals surface area contributed by atoms with E-state index < -0.39 is 58.0 Å². The first kappa shape index (κ1) is 25.5. The summed E-state index contributed by atoms with van der Waals surface area (Å²) >= 11 is 0. The topological polar surface area (TPSA) is 171 Å². The average molecular weight is 521 g/mol. The molecule has 2 aromatic carbocycles. The molecule has 5 rings (SSSR count). The third-order valence-electron chi connectivity index (χ3n) is 8.01. The van der Waals surface area contributed by atoms with E-state index in [1.54, 1.807) is 39.4 Å². The van der Waals surface area contributed by atoms with Gasteiger partial charge in [0.2, 0.25) is 5.78 Å². The number of rotatable bonds is 4. The molecule has 0 saturated heterocycles. The van der Waals surface area contributed by atoms with Crippen molar-refractivity contribution in [3.05, 3.63) is 64.4 Å². The van der Waals surface area contributed by atoms with Crippen LogP contribution < -0.4 is 10.5 Å². The summed E-state index contributed by atoms with van der Waals surface area (Å²) in [5.41, 5.74) is 3.84. The molecule has 6 N–H and O–H groups in total. The highest BCUT2D eigenvalue weighted by molar-refractivity contribution is 6.24. The Morgan fingerprint density at radius 2 is 1.74 bits per heavy atom. The Morgan fingerprint density at radius 1 is 1.08 bits per heavy atom. The first-order valence-electron chi connectivity index (χ1n) is 12.1. The minimum Gasteiger partial charge on any atom is -0.508 e. The van der Waals surface area contributed by atoms with Crippen molar-refractivity contribution < 1.29 is 39.5 Å². The second kappa shape index (κ2) is 8.71. The standard InChI is InChI=1S/C28H28N2O8/c1-30(2)22-17-11-13-10-16-15(12-4-6-14(38-3)7-5-12)8-9-18(31)20(16)23(32)19(13)25(34)28(17,37)26(35)21(24(22)33)27(29)36/h4-9,13,17,22,31-32,35,37H,10-11H2,1-3H3,(H2,29,36). The van der Waals surface area contributed by atoms with E-state index >= 15 is 0 Å². The largest absolute Gasteiger partial charge is 0.508 e. The van der Waals surface area contributed by atoms with Gasteiger partial charge >= 0.3 is 0 Å². The number of hydrogen-bond acceptors (Lipinski definition) is 9. The number of primary amides is 1. The van der Waals surface area contributed by atoms with Gasteiger partial charge in [0.15, 0.2) is 11.4 Å². The fourth-order valence-electron chi connectivity index (χ4n) is 6.29. The summed E-state index contributed by atoms with van der Waals surface area (Å²) in [6.07, 6.45) is 0.244. The van der Waals surface area contributed by atoms with Crippen molar-refractivity contribution in [3.8, 4) is 22.6 Å². The number of carbonyl (C=O) groups excluding carboxylic acids is 3. The van der Waals surface area contributed by atoms with E-state index in [9.17, 15) is 34.8 Å². The smallest absolute Gasteiger partial charge is 0.255 e. The lowest BCUT2D eigenvalue weighted by Crippen LogP contribution is -2.65. The number of amides is 1. The molecule has 0 aromatic heterocycles. The predicted molar refractivity (Wildman–Crippen MR) is 136 cm³/mol. The first-order chi connectivity index (χ1) is 17.9. The van der Waals surface area contributed by atoms with Gasteiger partial charge in [0.25, 0.3) is 5.91 Å². The Hall–Kier alpha value is -4.15. The van der Waals surface area contributed by atoms with Crippen LogP contribution in [-0.2, 0) is 20.8 Å². The lowest BCUT2D eigenvalue weighted by molar-refractivity contribution is -0.153. The van der Waals surface area contributed by atoms with Crippen molar-refractivity contribution >= 4 is 23.2 Å². The van der Waals surface area contributed by atoms with Crippen LogP contribution in [0, 0.1) is 11.8 Å². The second-order valence-electron chi connectivity index (χ2n) is 10.2. The molecule has 3 aliphatic carbocycles. The van der Waals surface area contributed by atoms with Gasteiger partial charge in [-0.15, -0.1) is 0 Å². The molecule has 10 nitrogen and oxygen atoms in total. The molecule has 1 saturated carbocycles. The maximum Gasteiger partial charge on any atom is 0.255 e. The zero-order valence-electron chi connectivity index (χ0n) is 21.1. The molecule has 0 heterocycles. The molecule has 0 radical (unpaired) electrons. The molecule has 1 amide bonds. The van der Waals surface area contributed by atoms with Crippen LogP contribution in [0.4, 0.5) is 0 Å². The van der Waals surface area contributed by atoms with E-state index in [0.717, 1.165) is 11.1 Å². The van der Waals surface area contributed by atoms with Crippen LogP contribution in [-0.4, -0.2) is 75.6 Å². The minimum absolute atomic E-state index is 0.0312. The molecular weight excluding hydrogens is 492 g/mol. The number of aliphatic hydroxyl groups excluding tert-OH is 2. The Kier molecular flexibility index (Phi) is 5.85. The van der Waals surface area contributed by atoms with Gasteiger partial charge in [-0.2, -0.15) is 0 Å². The van der Waals surface area contributed by atoms with E-state index in [0.29, 0.717) is 11.3 Å². The monoisotopic (exact) mass is 520 g/mol. The van der Waals surface area contributed by atoms with E-state index in [-0.39, 0.29) is 29.7 Å². The maximum absolute atomic E-state index is 13.9. The summed E-state index contributed by atoms with van der Waals surface area (Å²) in [6, 6.07) is 9.23. The number of ether oxygens (including phenoxy) is 1. The minimum atomic E-state index is -2.66. The molecular formula is C28H28N2O8. The van der Waals surface area contributed by atoms with Gasteiger partial charge in [0.05, 0.1) is 18.7 Å². The molecule has 4 atom stereocenters. The van der Waals surface area contributed by atoms with Crippen LogP contribution in [0.25, 0.3) is 16.9 Å². The van der Waals surface area contributed by atoms with Gasteiger partial charge in [-0.25, -0.2) is 0 Å². The first-order valence-corrected chi connectivity index (χ1v) is 12.1. The normalized spacial score (nSPS) is 26.7. The highest BCUT2D eigenvalue weighted by Gasteiger charge is 2.64. The lowest BCUT2D eigenvalue weighted by atomic mass is 9.57. The van der Waals surface area contributed by atoms with E-state index in [1.807, 2.05) is 12.1 Å². The van der Waals surface area contributed by atoms with E-state index in [4.69, 9.17) is 10.5 Å². The average Bonchev–Trinajstić information content (AvgIpc) is 2.86. The summed E-state index contributed by atoms with van der Waals surface area (Å²) in [5, 5.41) is 44.6. The number of carbonyl (C=O) groups is 3. The molecule has 38 heavy (non-hydrogen) atoms. The van der Waals surface area contributed by atoms with Crippen LogP contribution >= 0.6 is 0 Å². The fourth-order valence-corrected chi connectivity index (χ4v) is 6.29. The maximum atomic E-state index is 13.9. The van der Waals surface area contributed by atoms with Crippen molar-refractivity contribution in [2.75, 3.05) is 21.2 Å². The third-order valence-corrected chi connectivity index (χ3v) is 8.01. The highest BCUT2D eigenvalue weighted by Crippen LogP contribution is 2.53. The van der Waals surface area contributed by atoms with Crippen molar-refractivity contribution in [2.24, 2.45) is 17.6 Å². The van der Waals surface area contributed by atoms with Crippen LogP contribution in [0.3, 0.4) is 0 Å². The van der Waals surface area contributed by atoms with E-state index in [2.05, 4.69) is 0 Å². The summed E-state index contributed by atoms with van der Waals surface area (Å²) in [5.74, 6) is -6.08. The van der Waals surface area contributed by atoms with Gasteiger partial charge < -0.3 is 30.9 Å². The molecule has 4 unspecified atom stereocenters. The summed E-state index contributed by atoms with van der Waals surface area (Å²) in [4.78, 5) is 40.6. The quantitative estimate of drug-likeness (QED) is 0.376. The van der Waals surface area contributed by atoms with Gasteiger partial charge in [-0.1, -0.05) is 18.2 Å². The number of aromatic hydroxyl groups is 1. The Morgan fingerprint density at radius 3 is 2.32 bits per heavy atom. The summed E-state index contributed by atoms with van der Waals surface area (Å²) < 4.78 is 5.23. The van der Waals surface area contributed by atoms with Crippen molar-refractivity contribution in [1.82, 2.24) is 4.90 Å². The number of phenols is 1. The fraction of sp³-hybridized carbons (Fsp3) is 0.321. The van der Waals surface area contributed by atoms with Gasteiger partial charge in [-0.3, -0.25) is 19.3 Å². The van der Waals surface area contributed by atoms with Crippen molar-refractivity contribution in [1.29, 1.82) is 0 Å². The predicted octanol–water partition coefficient (Wildman–Crippen LogP) is 1.64. The molecule has 0 aliphatic heterocycles. The van der Waals surface area contributed by atoms with Gasteiger partial charge in [0, 0.05) is 11.5 Å². The number of benzene rings is 2. The SMILES string of the molecule is COc1ccc(-c2ccc(O)c3c2CC2CC4C(N(C)C)C(=O)C(C(N)=O)=C(O)C4(O)C(=O)C2=C3O)cc1. The second-order valence-corrected chi connectivity index (χ2v) is 10.2. The molecule has 0 spiro atoms. The van der Waals surface area contributed by atoms with Crippen LogP contribution in [0.2, 0.25) is 0 Å². The zero-order chi connectivity index (χ0) is 27.7. The lowest BCUT2D eigenvalue weighted by Gasteiger charge is -2.50. The summed E-state index contributed by atoms with van der Waals surface area (Å²) in [7, 11) is 4.68. The summed E-state index contributed by atoms with van der Waals surface area (Å²) in [6.45, 7) is 0. The molecule has 10 heteroatoms. The van der Waals surface area contributed by atoms with Gasteiger partial charge in [0.1, 0.15) is 28.6 Å². The molecule has 0 bridgehead atoms. The zero-order valence-corrected chi connectivity index (χ0v) is 21.1. The van der Waals surface area contributed by atoms with E-state index in [1.165, 1.54) is 11.0 Å². The number of nitrogens with zero attached hydrogens (tertiary/aromatic N) is 1. The number of ketones is 2. The Balaban J connectivity index is 1.72. The number of hydrogen-bond donors (Lipinski definition) is 5. The van der Waals surface area contributed by atoms with Gasteiger partial charge in [-0.05, 0) is 67.7 Å². The molecule has 198 valence electrons. The van der Waals surface area contributed by atoms with Crippen LogP contribution in [0.1, 0.15) is 17.5 Å². The number of fused-ring (bicyclic) bond motifs is 3.